The molecule has 6 aliphatic rings. The number of hydrogen-bond donors (Lipinski definition) is 1. The number of esters is 2. The van der Waals surface area contributed by atoms with Gasteiger partial charge in [0, 0.05) is 43.9 Å². The zero-order chi connectivity index (χ0) is 25.7. The maximum Gasteiger partial charge on any atom is 0.306 e. The van der Waals surface area contributed by atoms with Gasteiger partial charge in [-0.25, -0.2) is 0 Å². The summed E-state index contributed by atoms with van der Waals surface area (Å²) in [6, 6.07) is 0. The van der Waals surface area contributed by atoms with Crippen LogP contribution >= 0.6 is 0 Å². The van der Waals surface area contributed by atoms with Crippen LogP contribution in [0, 0.1) is 40.9 Å². The molecule has 0 aromatic rings. The Morgan fingerprint density at radius 1 is 1.08 bits per heavy atom. The molecule has 0 radical (unpaired) electrons. The van der Waals surface area contributed by atoms with Crippen LogP contribution in [0.2, 0.25) is 0 Å². The molecule has 3 aliphatic carbocycles. The van der Waals surface area contributed by atoms with Crippen molar-refractivity contribution < 1.29 is 33.6 Å². The van der Waals surface area contributed by atoms with Gasteiger partial charge in [-0.2, -0.15) is 0 Å². The number of ether oxygens (including phenoxy) is 4. The summed E-state index contributed by atoms with van der Waals surface area (Å²) in [6.45, 7) is 10.8. The van der Waals surface area contributed by atoms with E-state index in [2.05, 4.69) is 20.8 Å². The third kappa shape index (κ3) is 3.34. The topological polar surface area (TPSA) is 91.3 Å². The summed E-state index contributed by atoms with van der Waals surface area (Å²) in [5, 5.41) is 12.4. The van der Waals surface area contributed by atoms with Gasteiger partial charge in [0.25, 0.3) is 0 Å². The number of fused-ring (bicyclic) bond motifs is 5. The van der Waals surface area contributed by atoms with Crippen molar-refractivity contribution in [2.75, 3.05) is 6.61 Å². The van der Waals surface area contributed by atoms with Gasteiger partial charge in [0.2, 0.25) is 0 Å². The Hall–Kier alpha value is -1.18. The minimum absolute atomic E-state index is 0.0227. The van der Waals surface area contributed by atoms with Crippen LogP contribution in [-0.4, -0.2) is 52.8 Å². The minimum atomic E-state index is -1.19. The molecule has 1 N–H and O–H groups in total. The Morgan fingerprint density at radius 3 is 2.53 bits per heavy atom. The smallest absolute Gasteiger partial charge is 0.306 e. The standard InChI is InChI=1S/C29H44O7/c1-16-8-11-29(33-15-16)17(2)25-23(35-29)14-28(27(25,5)32)21-7-6-19-12-20(34-18(3)30)9-10-26(19,4)22(21)13-24(31)36-28/h16-17,19-23,25,32H,6-15H2,1-5H3/t16-,17+,19+,20+,21-,22+,23+,25+,26+,27-,28+,29-/m1/s1. The van der Waals surface area contributed by atoms with Crippen molar-refractivity contribution in [1.82, 2.24) is 0 Å². The summed E-state index contributed by atoms with van der Waals surface area (Å²) in [5.41, 5.74) is -2.15. The van der Waals surface area contributed by atoms with Crippen molar-refractivity contribution in [3.8, 4) is 0 Å². The second kappa shape index (κ2) is 8.16. The van der Waals surface area contributed by atoms with E-state index >= 15 is 0 Å². The second-order valence-electron chi connectivity index (χ2n) is 13.7. The first-order chi connectivity index (χ1) is 16.9. The van der Waals surface area contributed by atoms with E-state index in [1.807, 2.05) is 6.92 Å². The van der Waals surface area contributed by atoms with E-state index in [0.717, 1.165) is 44.9 Å². The predicted octanol–water partition coefficient (Wildman–Crippen LogP) is 4.39. The molecule has 3 heterocycles. The average Bonchev–Trinajstić information content (AvgIpc) is 3.18. The third-order valence-corrected chi connectivity index (χ3v) is 11.8. The lowest BCUT2D eigenvalue weighted by Gasteiger charge is -2.62. The SMILES string of the molecule is CC(=O)O[C@H]1CC[C@@]2(C)[C@@H](CC[C@@H]3[C@@H]2CC(=O)O[C@@]32C[C@@H]3O[C@]4(CC[C@@H](C)CO4)[C@@H](C)[C@@H]3[C@@]2(C)O)C1. The van der Waals surface area contributed by atoms with Gasteiger partial charge in [0.1, 0.15) is 17.3 Å². The quantitative estimate of drug-likeness (QED) is 0.530. The van der Waals surface area contributed by atoms with Crippen molar-refractivity contribution in [1.29, 1.82) is 0 Å². The van der Waals surface area contributed by atoms with E-state index < -0.39 is 17.0 Å². The fourth-order valence-corrected chi connectivity index (χ4v) is 9.98. The summed E-state index contributed by atoms with van der Waals surface area (Å²) in [6.07, 6.45) is 7.18. The van der Waals surface area contributed by atoms with Gasteiger partial charge in [-0.1, -0.05) is 20.8 Å². The molecule has 6 fully saturated rings. The lowest BCUT2D eigenvalue weighted by atomic mass is 9.47. The summed E-state index contributed by atoms with van der Waals surface area (Å²) in [4.78, 5) is 24.8. The Labute approximate surface area is 214 Å². The monoisotopic (exact) mass is 504 g/mol. The Balaban J connectivity index is 1.29. The van der Waals surface area contributed by atoms with E-state index in [4.69, 9.17) is 18.9 Å². The zero-order valence-electron chi connectivity index (χ0n) is 22.6. The average molecular weight is 505 g/mol. The number of carbonyl (C=O) groups is 2. The highest BCUT2D eigenvalue weighted by Gasteiger charge is 2.76. The molecule has 7 heteroatoms. The zero-order valence-corrected chi connectivity index (χ0v) is 22.6. The maximum absolute atomic E-state index is 13.3. The molecule has 3 saturated carbocycles. The first kappa shape index (κ1) is 25.1. The van der Waals surface area contributed by atoms with Gasteiger partial charge in [-0.15, -0.1) is 0 Å². The molecule has 3 saturated heterocycles. The first-order valence-electron chi connectivity index (χ1n) is 14.3. The maximum atomic E-state index is 13.3. The van der Waals surface area contributed by atoms with Gasteiger partial charge >= 0.3 is 11.9 Å². The van der Waals surface area contributed by atoms with Crippen LogP contribution in [0.5, 0.6) is 0 Å². The van der Waals surface area contributed by atoms with Crippen LogP contribution in [0.15, 0.2) is 0 Å². The molecule has 7 nitrogen and oxygen atoms in total. The van der Waals surface area contributed by atoms with Crippen LogP contribution in [0.1, 0.15) is 92.4 Å². The van der Waals surface area contributed by atoms with Gasteiger partial charge < -0.3 is 24.1 Å². The van der Waals surface area contributed by atoms with E-state index in [1.165, 1.54) is 6.92 Å². The summed E-state index contributed by atoms with van der Waals surface area (Å²) < 4.78 is 25.0. The molecular formula is C29H44O7. The molecule has 0 bridgehead atoms. The fraction of sp³-hybridized carbons (Fsp3) is 0.931. The summed E-state index contributed by atoms with van der Waals surface area (Å²) in [7, 11) is 0. The van der Waals surface area contributed by atoms with Crippen molar-refractivity contribution in [2.45, 2.75) is 122 Å². The first-order valence-corrected chi connectivity index (χ1v) is 14.3. The van der Waals surface area contributed by atoms with E-state index in [-0.39, 0.29) is 53.2 Å². The molecule has 202 valence electrons. The van der Waals surface area contributed by atoms with Crippen LogP contribution in [0.25, 0.3) is 0 Å². The largest absolute Gasteiger partial charge is 0.463 e. The Bertz CT molecular complexity index is 923. The fourth-order valence-electron chi connectivity index (χ4n) is 9.98. The molecule has 12 atom stereocenters. The molecule has 0 unspecified atom stereocenters. The minimum Gasteiger partial charge on any atom is -0.463 e. The molecule has 0 aromatic carbocycles. The molecule has 6 rings (SSSR count). The molecule has 36 heavy (non-hydrogen) atoms. The van der Waals surface area contributed by atoms with Gasteiger partial charge in [0.15, 0.2) is 5.79 Å². The third-order valence-electron chi connectivity index (χ3n) is 11.8. The normalized spacial score (nSPS) is 56.1. The van der Waals surface area contributed by atoms with Crippen LogP contribution in [0.4, 0.5) is 0 Å². The van der Waals surface area contributed by atoms with Crippen LogP contribution in [-0.2, 0) is 28.5 Å². The summed E-state index contributed by atoms with van der Waals surface area (Å²) in [5.74, 6) is 0.0209. The van der Waals surface area contributed by atoms with Crippen LogP contribution in [0.3, 0.4) is 0 Å². The number of hydrogen-bond acceptors (Lipinski definition) is 7. The van der Waals surface area contributed by atoms with Gasteiger partial charge in [-0.3, -0.25) is 9.59 Å². The number of aliphatic hydroxyl groups is 1. The van der Waals surface area contributed by atoms with Crippen molar-refractivity contribution >= 4 is 11.9 Å². The highest BCUT2D eigenvalue weighted by molar-refractivity contribution is 5.72. The molecule has 0 amide bonds. The Kier molecular flexibility index (Phi) is 5.69. The van der Waals surface area contributed by atoms with E-state index in [0.29, 0.717) is 31.3 Å². The molecular weight excluding hydrogens is 460 g/mol. The number of rotatable bonds is 1. The highest BCUT2D eigenvalue weighted by atomic mass is 16.7. The van der Waals surface area contributed by atoms with Gasteiger partial charge in [0.05, 0.1) is 12.7 Å². The number of carbonyl (C=O) groups excluding carboxylic acids is 2. The second-order valence-corrected chi connectivity index (χ2v) is 13.7. The highest BCUT2D eigenvalue weighted by Crippen LogP contribution is 2.68. The molecule has 0 aromatic heterocycles. The lowest BCUT2D eigenvalue weighted by molar-refractivity contribution is -0.289. The van der Waals surface area contributed by atoms with Crippen molar-refractivity contribution in [2.24, 2.45) is 40.9 Å². The summed E-state index contributed by atoms with van der Waals surface area (Å²) >= 11 is 0. The van der Waals surface area contributed by atoms with Crippen LogP contribution < -0.4 is 0 Å². The predicted molar refractivity (Wildman–Crippen MR) is 131 cm³/mol. The molecule has 3 aliphatic heterocycles. The van der Waals surface area contributed by atoms with E-state index in [1.54, 1.807) is 0 Å². The van der Waals surface area contributed by atoms with Crippen molar-refractivity contribution in [3.63, 3.8) is 0 Å². The van der Waals surface area contributed by atoms with Crippen molar-refractivity contribution in [3.05, 3.63) is 0 Å². The lowest BCUT2D eigenvalue weighted by Crippen LogP contribution is -2.67. The Morgan fingerprint density at radius 2 is 1.86 bits per heavy atom. The van der Waals surface area contributed by atoms with Gasteiger partial charge in [-0.05, 0) is 68.6 Å². The molecule has 2 spiro atoms. The van der Waals surface area contributed by atoms with E-state index in [9.17, 15) is 14.7 Å².